The zero-order valence-electron chi connectivity index (χ0n) is 8.85. The van der Waals surface area contributed by atoms with Crippen LogP contribution in [0.5, 0.6) is 0 Å². The van der Waals surface area contributed by atoms with E-state index in [9.17, 15) is 4.79 Å². The lowest BCUT2D eigenvalue weighted by Crippen LogP contribution is -2.12. The van der Waals surface area contributed by atoms with E-state index in [1.54, 1.807) is 30.5 Å². The van der Waals surface area contributed by atoms with E-state index in [1.165, 1.54) is 0 Å². The predicted octanol–water partition coefficient (Wildman–Crippen LogP) is 2.68. The van der Waals surface area contributed by atoms with E-state index >= 15 is 0 Å². The van der Waals surface area contributed by atoms with Crippen molar-refractivity contribution in [2.24, 2.45) is 0 Å². The van der Waals surface area contributed by atoms with Gasteiger partial charge in [-0.1, -0.05) is 15.9 Å². The fraction of sp³-hybridized carbons (Fsp3) is 0. The molecule has 0 radical (unpaired) electrons. The molecule has 17 heavy (non-hydrogen) atoms. The number of benzene rings is 1. The van der Waals surface area contributed by atoms with Crippen LogP contribution in [-0.2, 0) is 0 Å². The summed E-state index contributed by atoms with van der Waals surface area (Å²) in [7, 11) is 0. The molecule has 1 heterocycles. The maximum Gasteiger partial charge on any atom is 0.256 e. The highest BCUT2D eigenvalue weighted by atomic mass is 79.9. The van der Waals surface area contributed by atoms with Gasteiger partial charge in [-0.3, -0.25) is 4.79 Å². The number of nitrogen functional groups attached to an aromatic ring is 1. The summed E-state index contributed by atoms with van der Waals surface area (Å²) in [5.74, 6) is 0.230. The summed E-state index contributed by atoms with van der Waals surface area (Å²) in [5.41, 5.74) is 6.72. The topological polar surface area (TPSA) is 68.0 Å². The quantitative estimate of drug-likeness (QED) is 0.894. The minimum Gasteiger partial charge on any atom is -0.399 e. The van der Waals surface area contributed by atoms with Crippen molar-refractivity contribution in [2.75, 3.05) is 11.1 Å². The molecule has 5 heteroatoms. The van der Waals surface area contributed by atoms with Crippen molar-refractivity contribution in [1.82, 2.24) is 4.98 Å². The Morgan fingerprint density at radius 3 is 2.59 bits per heavy atom. The standard InChI is InChI=1S/C12H10BrN3O/c13-9-3-1-8(2-4-9)12(17)16-11-7-10(14)5-6-15-11/h1-7H,(H3,14,15,16,17). The van der Waals surface area contributed by atoms with Crippen LogP contribution in [0.4, 0.5) is 11.5 Å². The minimum atomic E-state index is -0.212. The van der Waals surface area contributed by atoms with E-state index in [0.29, 0.717) is 17.1 Å². The van der Waals surface area contributed by atoms with E-state index in [1.807, 2.05) is 12.1 Å². The van der Waals surface area contributed by atoms with Crippen LogP contribution < -0.4 is 11.1 Å². The summed E-state index contributed by atoms with van der Waals surface area (Å²) < 4.78 is 0.927. The Morgan fingerprint density at radius 1 is 1.24 bits per heavy atom. The van der Waals surface area contributed by atoms with Crippen LogP contribution in [0.2, 0.25) is 0 Å². The number of hydrogen-bond donors (Lipinski definition) is 2. The van der Waals surface area contributed by atoms with Gasteiger partial charge < -0.3 is 11.1 Å². The second kappa shape index (κ2) is 4.97. The SMILES string of the molecule is Nc1ccnc(NC(=O)c2ccc(Br)cc2)c1. The van der Waals surface area contributed by atoms with E-state index in [0.717, 1.165) is 4.47 Å². The van der Waals surface area contributed by atoms with Gasteiger partial charge >= 0.3 is 0 Å². The third-order valence-electron chi connectivity index (χ3n) is 2.13. The Morgan fingerprint density at radius 2 is 1.94 bits per heavy atom. The van der Waals surface area contributed by atoms with Crippen LogP contribution in [0.3, 0.4) is 0 Å². The number of hydrogen-bond acceptors (Lipinski definition) is 3. The first-order valence-corrected chi connectivity index (χ1v) is 5.73. The molecule has 0 unspecified atom stereocenters. The molecule has 86 valence electrons. The average Bonchev–Trinajstić information content (AvgIpc) is 2.29. The molecule has 0 saturated heterocycles. The third-order valence-corrected chi connectivity index (χ3v) is 2.66. The third kappa shape index (κ3) is 3.04. The van der Waals surface area contributed by atoms with Crippen molar-refractivity contribution >= 4 is 33.3 Å². The zero-order chi connectivity index (χ0) is 12.3. The Hall–Kier alpha value is -1.88. The molecule has 4 nitrogen and oxygen atoms in total. The van der Waals surface area contributed by atoms with Gasteiger partial charge in [0.25, 0.3) is 5.91 Å². The molecular formula is C12H10BrN3O. The van der Waals surface area contributed by atoms with Crippen molar-refractivity contribution in [1.29, 1.82) is 0 Å². The fourth-order valence-corrected chi connectivity index (χ4v) is 1.57. The number of carbonyl (C=O) groups is 1. The minimum absolute atomic E-state index is 0.212. The van der Waals surface area contributed by atoms with Crippen LogP contribution in [0.25, 0.3) is 0 Å². The average molecular weight is 292 g/mol. The van der Waals surface area contributed by atoms with Crippen LogP contribution >= 0.6 is 15.9 Å². The van der Waals surface area contributed by atoms with E-state index in [4.69, 9.17) is 5.73 Å². The highest BCUT2D eigenvalue weighted by molar-refractivity contribution is 9.10. The van der Waals surface area contributed by atoms with Gasteiger partial charge in [-0.2, -0.15) is 0 Å². The molecule has 0 aliphatic heterocycles. The molecule has 0 saturated carbocycles. The summed E-state index contributed by atoms with van der Waals surface area (Å²) in [6.45, 7) is 0. The number of nitrogens with one attached hydrogen (secondary N) is 1. The molecule has 1 aromatic carbocycles. The number of carbonyl (C=O) groups excluding carboxylic acids is 1. The summed E-state index contributed by atoms with van der Waals surface area (Å²) in [5, 5.41) is 2.67. The first-order valence-electron chi connectivity index (χ1n) is 4.93. The number of pyridine rings is 1. The number of amides is 1. The van der Waals surface area contributed by atoms with Gasteiger partial charge in [0.1, 0.15) is 5.82 Å². The van der Waals surface area contributed by atoms with Crippen LogP contribution in [0, 0.1) is 0 Å². The molecule has 1 aromatic heterocycles. The summed E-state index contributed by atoms with van der Waals surface area (Å²) in [4.78, 5) is 15.8. The van der Waals surface area contributed by atoms with Crippen LogP contribution in [0.15, 0.2) is 47.1 Å². The fourth-order valence-electron chi connectivity index (χ4n) is 1.30. The Labute approximate surface area is 107 Å². The van der Waals surface area contributed by atoms with Gasteiger partial charge in [0.2, 0.25) is 0 Å². The molecule has 3 N–H and O–H groups in total. The summed E-state index contributed by atoms with van der Waals surface area (Å²) in [6.07, 6.45) is 1.55. The number of halogens is 1. The number of nitrogens with zero attached hydrogens (tertiary/aromatic N) is 1. The Kier molecular flexibility index (Phi) is 3.39. The van der Waals surface area contributed by atoms with Crippen molar-refractivity contribution in [3.8, 4) is 0 Å². The Bertz CT molecular complexity index is 540. The molecule has 0 atom stereocenters. The smallest absolute Gasteiger partial charge is 0.256 e. The molecule has 1 amide bonds. The van der Waals surface area contributed by atoms with Crippen molar-refractivity contribution < 1.29 is 4.79 Å². The first-order chi connectivity index (χ1) is 8.15. The summed E-state index contributed by atoms with van der Waals surface area (Å²) >= 11 is 3.31. The van der Waals surface area contributed by atoms with Gasteiger partial charge in [-0.05, 0) is 30.3 Å². The molecule has 0 aliphatic rings. The van der Waals surface area contributed by atoms with Crippen molar-refractivity contribution in [3.05, 3.63) is 52.6 Å². The van der Waals surface area contributed by atoms with Gasteiger partial charge in [-0.25, -0.2) is 4.98 Å². The Balaban J connectivity index is 2.14. The molecule has 0 aliphatic carbocycles. The lowest BCUT2D eigenvalue weighted by Gasteiger charge is -2.04. The van der Waals surface area contributed by atoms with Crippen LogP contribution in [-0.4, -0.2) is 10.9 Å². The maximum atomic E-state index is 11.8. The van der Waals surface area contributed by atoms with E-state index in [2.05, 4.69) is 26.2 Å². The maximum absolute atomic E-state index is 11.8. The highest BCUT2D eigenvalue weighted by Crippen LogP contribution is 2.13. The second-order valence-electron chi connectivity index (χ2n) is 3.44. The van der Waals surface area contributed by atoms with E-state index in [-0.39, 0.29) is 5.91 Å². The summed E-state index contributed by atoms with van der Waals surface area (Å²) in [6, 6.07) is 10.3. The molecule has 0 bridgehead atoms. The predicted molar refractivity (Wildman–Crippen MR) is 70.7 cm³/mol. The molecular weight excluding hydrogens is 282 g/mol. The van der Waals surface area contributed by atoms with Crippen molar-refractivity contribution in [2.45, 2.75) is 0 Å². The lowest BCUT2D eigenvalue weighted by atomic mass is 10.2. The van der Waals surface area contributed by atoms with Gasteiger partial charge in [-0.15, -0.1) is 0 Å². The van der Waals surface area contributed by atoms with Gasteiger partial charge in [0.05, 0.1) is 0 Å². The zero-order valence-corrected chi connectivity index (χ0v) is 10.4. The number of anilines is 2. The monoisotopic (exact) mass is 291 g/mol. The molecule has 2 aromatic rings. The number of aromatic nitrogens is 1. The first kappa shape index (κ1) is 11.6. The van der Waals surface area contributed by atoms with E-state index < -0.39 is 0 Å². The second-order valence-corrected chi connectivity index (χ2v) is 4.35. The normalized spacial score (nSPS) is 9.94. The largest absolute Gasteiger partial charge is 0.399 e. The number of nitrogens with two attached hydrogens (primary N) is 1. The molecule has 0 spiro atoms. The molecule has 2 rings (SSSR count). The van der Waals surface area contributed by atoms with Gasteiger partial charge in [0.15, 0.2) is 0 Å². The number of rotatable bonds is 2. The van der Waals surface area contributed by atoms with Crippen LogP contribution in [0.1, 0.15) is 10.4 Å². The molecule has 0 fully saturated rings. The lowest BCUT2D eigenvalue weighted by molar-refractivity contribution is 0.102. The van der Waals surface area contributed by atoms with Crippen molar-refractivity contribution in [3.63, 3.8) is 0 Å². The van der Waals surface area contributed by atoms with Gasteiger partial charge in [0, 0.05) is 28.0 Å². The highest BCUT2D eigenvalue weighted by Gasteiger charge is 2.06.